The van der Waals surface area contributed by atoms with Gasteiger partial charge in [-0.1, -0.05) is 25.5 Å². The van der Waals surface area contributed by atoms with Crippen LogP contribution in [0.15, 0.2) is 18.2 Å². The zero-order valence-electron chi connectivity index (χ0n) is 12.4. The number of likely N-dealkylation sites (N-methyl/N-ethyl adjacent to an activating group) is 1. The van der Waals surface area contributed by atoms with Gasteiger partial charge in [-0.15, -0.1) is 0 Å². The van der Waals surface area contributed by atoms with Crippen molar-refractivity contribution in [2.75, 3.05) is 11.4 Å². The van der Waals surface area contributed by atoms with Crippen LogP contribution in [0.25, 0.3) is 0 Å². The minimum Gasteiger partial charge on any atom is -0.341 e. The second-order valence-electron chi connectivity index (χ2n) is 5.21. The van der Waals surface area contributed by atoms with Gasteiger partial charge in [-0.25, -0.2) is 0 Å². The van der Waals surface area contributed by atoms with Crippen LogP contribution in [0.2, 0.25) is 0 Å². The summed E-state index contributed by atoms with van der Waals surface area (Å²) in [6.07, 6.45) is 3.29. The minimum absolute atomic E-state index is 0.0367. The summed E-state index contributed by atoms with van der Waals surface area (Å²) in [7, 11) is 0. The van der Waals surface area contributed by atoms with E-state index in [1.165, 1.54) is 12.5 Å². The Kier molecular flexibility index (Phi) is 4.42. The molecule has 0 bridgehead atoms. The molecule has 1 heterocycles. The molecule has 4 nitrogen and oxygen atoms in total. The Morgan fingerprint density at radius 1 is 1.35 bits per heavy atom. The van der Waals surface area contributed by atoms with Crippen molar-refractivity contribution < 1.29 is 9.59 Å². The Balaban J connectivity index is 2.35. The molecule has 0 saturated heterocycles. The highest BCUT2D eigenvalue weighted by Crippen LogP contribution is 2.36. The van der Waals surface area contributed by atoms with Crippen molar-refractivity contribution in [1.82, 2.24) is 5.32 Å². The smallest absolute Gasteiger partial charge is 0.254 e. The molecule has 1 aliphatic heterocycles. The molecular weight excluding hydrogens is 252 g/mol. The maximum Gasteiger partial charge on any atom is 0.254 e. The number of aryl methyl sites for hydroxylation is 1. The van der Waals surface area contributed by atoms with E-state index in [0.717, 1.165) is 30.5 Å². The zero-order valence-corrected chi connectivity index (χ0v) is 12.4. The number of amides is 2. The van der Waals surface area contributed by atoms with Crippen LogP contribution in [0.1, 0.15) is 50.8 Å². The van der Waals surface area contributed by atoms with Gasteiger partial charge in [0.15, 0.2) is 0 Å². The normalized spacial score (nSPS) is 17.2. The van der Waals surface area contributed by atoms with Gasteiger partial charge in [-0.05, 0) is 31.4 Å². The molecule has 0 unspecified atom stereocenters. The van der Waals surface area contributed by atoms with Crippen molar-refractivity contribution in [2.45, 2.75) is 46.1 Å². The van der Waals surface area contributed by atoms with Crippen LogP contribution in [0, 0.1) is 0 Å². The number of hydrogen-bond acceptors (Lipinski definition) is 2. The van der Waals surface area contributed by atoms with E-state index < -0.39 is 6.04 Å². The lowest BCUT2D eigenvalue weighted by atomic mass is 10.0. The van der Waals surface area contributed by atoms with Crippen molar-refractivity contribution in [3.8, 4) is 0 Å². The van der Waals surface area contributed by atoms with E-state index in [9.17, 15) is 9.59 Å². The SMILES string of the molecule is CCCCc1ccc2c(c1)[C@H](NC(C)=O)C(=O)N2CC. The lowest BCUT2D eigenvalue weighted by Crippen LogP contribution is -2.36. The molecule has 1 aromatic rings. The number of nitrogens with one attached hydrogen (secondary N) is 1. The van der Waals surface area contributed by atoms with Crippen LogP contribution in [-0.4, -0.2) is 18.4 Å². The van der Waals surface area contributed by atoms with Gasteiger partial charge in [0.1, 0.15) is 6.04 Å². The summed E-state index contributed by atoms with van der Waals surface area (Å²) in [4.78, 5) is 25.4. The van der Waals surface area contributed by atoms with Crippen LogP contribution >= 0.6 is 0 Å². The highest BCUT2D eigenvalue weighted by molar-refractivity contribution is 6.06. The average molecular weight is 274 g/mol. The van der Waals surface area contributed by atoms with E-state index in [1.54, 1.807) is 4.90 Å². The number of benzene rings is 1. The molecule has 0 saturated carbocycles. The molecule has 1 aliphatic rings. The number of unbranched alkanes of at least 4 members (excludes halogenated alkanes) is 1. The summed E-state index contributed by atoms with van der Waals surface area (Å²) < 4.78 is 0. The molecule has 108 valence electrons. The molecule has 4 heteroatoms. The van der Waals surface area contributed by atoms with Crippen molar-refractivity contribution >= 4 is 17.5 Å². The number of carbonyl (C=O) groups excluding carboxylic acids is 2. The van der Waals surface area contributed by atoms with E-state index >= 15 is 0 Å². The first-order valence-electron chi connectivity index (χ1n) is 7.29. The summed E-state index contributed by atoms with van der Waals surface area (Å²) in [5, 5.41) is 2.77. The Morgan fingerprint density at radius 2 is 2.10 bits per heavy atom. The highest BCUT2D eigenvalue weighted by atomic mass is 16.2. The molecule has 20 heavy (non-hydrogen) atoms. The fourth-order valence-corrected chi connectivity index (χ4v) is 2.69. The average Bonchev–Trinajstić information content (AvgIpc) is 2.68. The van der Waals surface area contributed by atoms with E-state index in [-0.39, 0.29) is 11.8 Å². The fourth-order valence-electron chi connectivity index (χ4n) is 2.69. The fraction of sp³-hybridized carbons (Fsp3) is 0.500. The zero-order chi connectivity index (χ0) is 14.7. The van der Waals surface area contributed by atoms with E-state index in [0.29, 0.717) is 6.54 Å². The summed E-state index contributed by atoms with van der Waals surface area (Å²) in [5.74, 6) is -0.212. The Labute approximate surface area is 120 Å². The predicted molar refractivity (Wildman–Crippen MR) is 79.6 cm³/mol. The molecule has 0 aliphatic carbocycles. The Hall–Kier alpha value is -1.84. The lowest BCUT2D eigenvalue weighted by molar-refractivity contribution is -0.126. The van der Waals surface area contributed by atoms with Gasteiger partial charge >= 0.3 is 0 Å². The number of anilines is 1. The molecule has 0 aromatic heterocycles. The number of nitrogens with zero attached hydrogens (tertiary/aromatic N) is 1. The lowest BCUT2D eigenvalue weighted by Gasteiger charge is -2.15. The van der Waals surface area contributed by atoms with Gasteiger partial charge < -0.3 is 10.2 Å². The minimum atomic E-state index is -0.524. The molecule has 0 radical (unpaired) electrons. The van der Waals surface area contributed by atoms with Gasteiger partial charge in [0.05, 0.1) is 0 Å². The molecule has 0 fully saturated rings. The van der Waals surface area contributed by atoms with E-state index in [1.807, 2.05) is 13.0 Å². The van der Waals surface area contributed by atoms with Crippen molar-refractivity contribution in [2.24, 2.45) is 0 Å². The molecule has 2 amide bonds. The van der Waals surface area contributed by atoms with Crippen molar-refractivity contribution in [1.29, 1.82) is 0 Å². The third-order valence-corrected chi connectivity index (χ3v) is 3.69. The van der Waals surface area contributed by atoms with Crippen LogP contribution in [0.4, 0.5) is 5.69 Å². The molecule has 1 N–H and O–H groups in total. The summed E-state index contributed by atoms with van der Waals surface area (Å²) >= 11 is 0. The van der Waals surface area contributed by atoms with Crippen molar-refractivity contribution in [3.05, 3.63) is 29.3 Å². The molecule has 1 atom stereocenters. The molecule has 0 spiro atoms. The summed E-state index contributed by atoms with van der Waals surface area (Å²) in [6.45, 7) is 6.18. The van der Waals surface area contributed by atoms with Gasteiger partial charge in [0.25, 0.3) is 5.91 Å². The Bertz CT molecular complexity index is 525. The van der Waals surface area contributed by atoms with Gasteiger partial charge in [0, 0.05) is 24.7 Å². The van der Waals surface area contributed by atoms with Crippen LogP contribution in [0.3, 0.4) is 0 Å². The number of hydrogen-bond donors (Lipinski definition) is 1. The largest absolute Gasteiger partial charge is 0.341 e. The maximum absolute atomic E-state index is 12.4. The monoisotopic (exact) mass is 274 g/mol. The highest BCUT2D eigenvalue weighted by Gasteiger charge is 2.36. The number of rotatable bonds is 5. The number of carbonyl (C=O) groups is 2. The van der Waals surface area contributed by atoms with Gasteiger partial charge in [-0.3, -0.25) is 9.59 Å². The summed E-state index contributed by atoms with van der Waals surface area (Å²) in [6, 6.07) is 5.63. The van der Waals surface area contributed by atoms with E-state index in [4.69, 9.17) is 0 Å². The van der Waals surface area contributed by atoms with Crippen molar-refractivity contribution in [3.63, 3.8) is 0 Å². The first-order valence-corrected chi connectivity index (χ1v) is 7.29. The molecule has 1 aromatic carbocycles. The summed E-state index contributed by atoms with van der Waals surface area (Å²) in [5.41, 5.74) is 3.09. The first kappa shape index (κ1) is 14.6. The standard InChI is InChI=1S/C16H22N2O2/c1-4-6-7-12-8-9-14-13(10-12)15(17-11(3)19)16(20)18(14)5-2/h8-10,15H,4-7H2,1-3H3,(H,17,19)/t15-/m0/s1. The first-order chi connectivity index (χ1) is 9.58. The quantitative estimate of drug-likeness (QED) is 0.897. The van der Waals surface area contributed by atoms with Gasteiger partial charge in [-0.2, -0.15) is 0 Å². The van der Waals surface area contributed by atoms with E-state index in [2.05, 4.69) is 24.4 Å². The predicted octanol–water partition coefficient (Wildman–Crippen LogP) is 2.57. The molecule has 2 rings (SSSR count). The maximum atomic E-state index is 12.4. The van der Waals surface area contributed by atoms with Crippen LogP contribution in [-0.2, 0) is 16.0 Å². The Morgan fingerprint density at radius 3 is 2.70 bits per heavy atom. The third-order valence-electron chi connectivity index (χ3n) is 3.69. The topological polar surface area (TPSA) is 49.4 Å². The number of fused-ring (bicyclic) bond motifs is 1. The second-order valence-corrected chi connectivity index (χ2v) is 5.21. The second kappa shape index (κ2) is 6.07. The van der Waals surface area contributed by atoms with Crippen LogP contribution < -0.4 is 10.2 Å². The molecular formula is C16H22N2O2. The van der Waals surface area contributed by atoms with Gasteiger partial charge in [0.2, 0.25) is 5.91 Å². The van der Waals surface area contributed by atoms with Crippen LogP contribution in [0.5, 0.6) is 0 Å². The third kappa shape index (κ3) is 2.69.